The lowest BCUT2D eigenvalue weighted by atomic mass is 9.79. The number of nitrogens with zero attached hydrogens (tertiary/aromatic N) is 2. The number of halogens is 1. The van der Waals surface area contributed by atoms with Crippen LogP contribution in [-0.4, -0.2) is 24.2 Å². The molecule has 0 saturated carbocycles. The van der Waals surface area contributed by atoms with Gasteiger partial charge in [0.2, 0.25) is 0 Å². The third-order valence-corrected chi connectivity index (χ3v) is 6.04. The summed E-state index contributed by atoms with van der Waals surface area (Å²) < 4.78 is 5.57. The van der Waals surface area contributed by atoms with E-state index in [2.05, 4.69) is 55.3 Å². The number of hydrogen-bond donors (Lipinski definition) is 1. The summed E-state index contributed by atoms with van der Waals surface area (Å²) in [6.45, 7) is 10.0. The van der Waals surface area contributed by atoms with Gasteiger partial charge in [-0.3, -0.25) is 4.79 Å². The minimum Gasteiger partial charge on any atom is -0.451 e. The zero-order valence-electron chi connectivity index (χ0n) is 17.7. The topological polar surface area (TPSA) is 57.8 Å². The third-order valence-electron chi connectivity index (χ3n) is 5.81. The van der Waals surface area contributed by atoms with Crippen molar-refractivity contribution in [3.05, 3.63) is 64.4 Å². The predicted octanol–water partition coefficient (Wildman–Crippen LogP) is 5.96. The van der Waals surface area contributed by atoms with Gasteiger partial charge in [-0.1, -0.05) is 24.6 Å². The molecule has 2 heterocycles. The highest BCUT2D eigenvalue weighted by molar-refractivity contribution is 6.31. The van der Waals surface area contributed by atoms with E-state index < -0.39 is 5.91 Å². The first-order chi connectivity index (χ1) is 14.3. The second-order valence-corrected chi connectivity index (χ2v) is 8.91. The maximum atomic E-state index is 12.4. The zero-order valence-corrected chi connectivity index (χ0v) is 18.5. The van der Waals surface area contributed by atoms with Gasteiger partial charge in [0.05, 0.1) is 6.21 Å². The maximum Gasteiger partial charge on any atom is 0.307 e. The summed E-state index contributed by atoms with van der Waals surface area (Å²) in [5, 5.41) is 5.50. The quantitative estimate of drug-likeness (QED) is 0.416. The van der Waals surface area contributed by atoms with Crippen molar-refractivity contribution in [2.75, 3.05) is 11.4 Å². The van der Waals surface area contributed by atoms with E-state index in [9.17, 15) is 4.79 Å². The van der Waals surface area contributed by atoms with E-state index in [-0.39, 0.29) is 11.3 Å². The summed E-state index contributed by atoms with van der Waals surface area (Å²) in [6.07, 6.45) is 2.77. The number of carbonyl (C=O) groups is 1. The Balaban J connectivity index is 1.50. The van der Waals surface area contributed by atoms with Crippen molar-refractivity contribution in [2.45, 2.75) is 45.6 Å². The smallest absolute Gasteiger partial charge is 0.307 e. The van der Waals surface area contributed by atoms with Crippen LogP contribution in [0.15, 0.2) is 52.0 Å². The van der Waals surface area contributed by atoms with Gasteiger partial charge in [0, 0.05) is 28.2 Å². The van der Waals surface area contributed by atoms with E-state index in [1.807, 2.05) is 6.07 Å². The number of rotatable bonds is 4. The minimum atomic E-state index is -0.399. The molecule has 156 valence electrons. The van der Waals surface area contributed by atoms with E-state index in [0.717, 1.165) is 23.9 Å². The van der Waals surface area contributed by atoms with Crippen molar-refractivity contribution in [1.82, 2.24) is 5.43 Å². The van der Waals surface area contributed by atoms with Crippen molar-refractivity contribution < 1.29 is 9.21 Å². The normalized spacial score (nSPS) is 18.0. The lowest BCUT2D eigenvalue weighted by molar-refractivity contribution is 0.0929. The summed E-state index contributed by atoms with van der Waals surface area (Å²) >= 11 is 5.98. The molecule has 0 fully saturated rings. The molecule has 4 rings (SSSR count). The molecule has 6 heteroatoms. The highest BCUT2D eigenvalue weighted by Crippen LogP contribution is 2.43. The molecule has 30 heavy (non-hydrogen) atoms. The van der Waals surface area contributed by atoms with Crippen LogP contribution in [0.25, 0.3) is 11.0 Å². The highest BCUT2D eigenvalue weighted by Gasteiger charge is 2.35. The fourth-order valence-corrected chi connectivity index (χ4v) is 4.71. The molecule has 1 aliphatic rings. The number of anilines is 1. The second kappa shape index (κ2) is 7.80. The Morgan fingerprint density at radius 2 is 2.10 bits per heavy atom. The van der Waals surface area contributed by atoms with Crippen LogP contribution in [0.4, 0.5) is 5.69 Å². The number of fused-ring (bicyclic) bond motifs is 2. The van der Waals surface area contributed by atoms with Crippen molar-refractivity contribution >= 4 is 40.4 Å². The molecule has 1 N–H and O–H groups in total. The first-order valence-corrected chi connectivity index (χ1v) is 10.6. The lowest BCUT2D eigenvalue weighted by Gasteiger charge is -2.47. The fraction of sp³-hybridized carbons (Fsp3) is 0.333. The van der Waals surface area contributed by atoms with Crippen LogP contribution in [-0.2, 0) is 0 Å². The average molecular weight is 424 g/mol. The summed E-state index contributed by atoms with van der Waals surface area (Å²) in [6, 6.07) is 13.2. The van der Waals surface area contributed by atoms with Gasteiger partial charge in [0.15, 0.2) is 5.76 Å². The predicted molar refractivity (Wildman–Crippen MR) is 123 cm³/mol. The summed E-state index contributed by atoms with van der Waals surface area (Å²) in [5.41, 5.74) is 6.85. The van der Waals surface area contributed by atoms with Crippen LogP contribution in [0.3, 0.4) is 0 Å². The first kappa shape index (κ1) is 20.5. The number of furan rings is 1. The van der Waals surface area contributed by atoms with Gasteiger partial charge in [0.25, 0.3) is 0 Å². The first-order valence-electron chi connectivity index (χ1n) is 10.2. The van der Waals surface area contributed by atoms with Crippen molar-refractivity contribution in [1.29, 1.82) is 0 Å². The molecule has 1 atom stereocenters. The van der Waals surface area contributed by atoms with Crippen LogP contribution < -0.4 is 10.3 Å². The molecule has 0 radical (unpaired) electrons. The van der Waals surface area contributed by atoms with Crippen LogP contribution in [0.5, 0.6) is 0 Å². The van der Waals surface area contributed by atoms with Gasteiger partial charge < -0.3 is 9.32 Å². The van der Waals surface area contributed by atoms with Gasteiger partial charge in [-0.25, -0.2) is 5.43 Å². The molecule has 1 aliphatic heterocycles. The molecule has 0 saturated heterocycles. The highest BCUT2D eigenvalue weighted by atomic mass is 35.5. The molecular formula is C24H26ClN3O2. The number of nitrogens with one attached hydrogen (secondary N) is 1. The SMILES string of the molecule is CCN1c2ccc(/C=N/NC(=O)c3cc4cc(Cl)ccc4o3)cc2C(C)CC1(C)C. The molecule has 0 aliphatic carbocycles. The zero-order chi connectivity index (χ0) is 21.5. The van der Waals surface area contributed by atoms with E-state index in [1.165, 1.54) is 11.3 Å². The number of amides is 1. The van der Waals surface area contributed by atoms with Crippen molar-refractivity contribution in [3.8, 4) is 0 Å². The van der Waals surface area contributed by atoms with Crippen LogP contribution >= 0.6 is 11.6 Å². The maximum absolute atomic E-state index is 12.4. The van der Waals surface area contributed by atoms with Crippen LogP contribution in [0, 0.1) is 0 Å². The van der Waals surface area contributed by atoms with Crippen LogP contribution in [0.2, 0.25) is 5.02 Å². The standard InChI is InChI=1S/C24H26ClN3O2/c1-5-28-20-8-6-16(10-19(20)15(2)13-24(28,3)4)14-26-27-23(29)22-12-17-11-18(25)7-9-21(17)30-22/h6-12,14-15H,5,13H2,1-4H3,(H,27,29)/b26-14+. The Kier molecular flexibility index (Phi) is 5.33. The molecular weight excluding hydrogens is 398 g/mol. The molecule has 1 amide bonds. The van der Waals surface area contributed by atoms with Gasteiger partial charge in [-0.05, 0) is 80.6 Å². The van der Waals surface area contributed by atoms with Gasteiger partial charge >= 0.3 is 5.91 Å². The Morgan fingerprint density at radius 1 is 1.30 bits per heavy atom. The lowest BCUT2D eigenvalue weighted by Crippen LogP contribution is -2.48. The number of carbonyl (C=O) groups excluding carboxylic acids is 1. The molecule has 5 nitrogen and oxygen atoms in total. The Bertz CT molecular complexity index is 1130. The third kappa shape index (κ3) is 3.82. The average Bonchev–Trinajstić information content (AvgIpc) is 3.11. The second-order valence-electron chi connectivity index (χ2n) is 8.47. The summed E-state index contributed by atoms with van der Waals surface area (Å²) in [5.74, 6) is 0.260. The number of hydrazone groups is 1. The Morgan fingerprint density at radius 3 is 2.87 bits per heavy atom. The van der Waals surface area contributed by atoms with Gasteiger partial charge in [-0.2, -0.15) is 5.10 Å². The molecule has 3 aromatic rings. The van der Waals surface area contributed by atoms with Crippen molar-refractivity contribution in [2.24, 2.45) is 5.10 Å². The van der Waals surface area contributed by atoms with E-state index >= 15 is 0 Å². The van der Waals surface area contributed by atoms with E-state index in [1.54, 1.807) is 30.5 Å². The monoisotopic (exact) mass is 423 g/mol. The van der Waals surface area contributed by atoms with E-state index in [0.29, 0.717) is 16.5 Å². The fourth-order valence-electron chi connectivity index (χ4n) is 4.53. The largest absolute Gasteiger partial charge is 0.451 e. The Hall–Kier alpha value is -2.79. The summed E-state index contributed by atoms with van der Waals surface area (Å²) in [4.78, 5) is 14.8. The molecule has 1 aromatic heterocycles. The van der Waals surface area contributed by atoms with Crippen LogP contribution in [0.1, 0.15) is 61.7 Å². The van der Waals surface area contributed by atoms with E-state index in [4.69, 9.17) is 16.0 Å². The number of hydrogen-bond acceptors (Lipinski definition) is 4. The van der Waals surface area contributed by atoms with Gasteiger partial charge in [-0.15, -0.1) is 0 Å². The summed E-state index contributed by atoms with van der Waals surface area (Å²) in [7, 11) is 0. The molecule has 0 spiro atoms. The van der Waals surface area contributed by atoms with Crippen molar-refractivity contribution in [3.63, 3.8) is 0 Å². The molecule has 1 unspecified atom stereocenters. The molecule has 0 bridgehead atoms. The molecule has 2 aromatic carbocycles. The van der Waals surface area contributed by atoms with Gasteiger partial charge in [0.1, 0.15) is 5.58 Å². The Labute approximate surface area is 181 Å². The minimum absolute atomic E-state index is 0.140. The number of benzene rings is 2.